The van der Waals surface area contributed by atoms with Gasteiger partial charge in [0.05, 0.1) is 4.91 Å². The number of amides is 1. The number of carbonyl (C=O) groups excluding carboxylic acids is 1. The molecule has 2 aliphatic rings. The second-order valence-corrected chi connectivity index (χ2v) is 8.47. The highest BCUT2D eigenvalue weighted by Crippen LogP contribution is 2.38. The second-order valence-electron chi connectivity index (χ2n) is 7.47. The topological polar surface area (TPSA) is 45.6 Å². The molecule has 0 bridgehead atoms. The highest BCUT2D eigenvalue weighted by atomic mass is 32.2. The Labute approximate surface area is 170 Å². The third-order valence-electron chi connectivity index (χ3n) is 5.34. The van der Waals surface area contributed by atoms with Crippen LogP contribution in [0.25, 0.3) is 6.08 Å². The minimum atomic E-state index is 0.0755. The van der Waals surface area contributed by atoms with Crippen LogP contribution in [0.15, 0.2) is 52.4 Å². The van der Waals surface area contributed by atoms with Crippen molar-refractivity contribution >= 4 is 34.7 Å². The highest BCUT2D eigenvalue weighted by Gasteiger charge is 2.38. The van der Waals surface area contributed by atoms with Gasteiger partial charge in [-0.05, 0) is 67.8 Å². The number of aromatic nitrogens is 1. The first-order valence-corrected chi connectivity index (χ1v) is 10.7. The Morgan fingerprint density at radius 1 is 1.07 bits per heavy atom. The van der Waals surface area contributed by atoms with Crippen molar-refractivity contribution in [1.82, 2.24) is 9.88 Å². The molecule has 5 heteroatoms. The number of nitrogens with zero attached hydrogens (tertiary/aromatic N) is 3. The molecule has 0 radical (unpaired) electrons. The minimum Gasteiger partial charge on any atom is -0.283 e. The predicted molar refractivity (Wildman–Crippen MR) is 117 cm³/mol. The van der Waals surface area contributed by atoms with Crippen molar-refractivity contribution in [3.05, 3.63) is 64.2 Å². The third-order valence-corrected chi connectivity index (χ3v) is 6.32. The van der Waals surface area contributed by atoms with Crippen molar-refractivity contribution in [2.24, 2.45) is 4.99 Å². The van der Waals surface area contributed by atoms with Gasteiger partial charge in [0.15, 0.2) is 11.0 Å². The maximum Gasteiger partial charge on any atom is 0.267 e. The molecule has 0 atom stereocenters. The number of aliphatic imine (C=N–C) groups is 1. The van der Waals surface area contributed by atoms with Crippen LogP contribution in [0.4, 0.5) is 5.82 Å². The van der Waals surface area contributed by atoms with Crippen molar-refractivity contribution < 1.29 is 4.79 Å². The molecule has 0 N–H and O–H groups in total. The van der Waals surface area contributed by atoms with Crippen molar-refractivity contribution in [1.29, 1.82) is 0 Å². The predicted octanol–water partition coefficient (Wildman–Crippen LogP) is 5.64. The van der Waals surface area contributed by atoms with Crippen LogP contribution in [-0.2, 0) is 4.79 Å². The number of benzene rings is 1. The van der Waals surface area contributed by atoms with Gasteiger partial charge < -0.3 is 0 Å². The number of pyridine rings is 1. The van der Waals surface area contributed by atoms with E-state index in [1.165, 1.54) is 36.6 Å². The fraction of sp³-hybridized carbons (Fsp3) is 0.348. The van der Waals surface area contributed by atoms with Crippen LogP contribution in [0.3, 0.4) is 0 Å². The molecule has 2 aromatic rings. The zero-order chi connectivity index (χ0) is 19.5. The summed E-state index contributed by atoms with van der Waals surface area (Å²) >= 11 is 1.47. The molecule has 4 nitrogen and oxygen atoms in total. The fourth-order valence-corrected chi connectivity index (χ4v) is 4.84. The lowest BCUT2D eigenvalue weighted by atomic mass is 9.94. The van der Waals surface area contributed by atoms with E-state index in [4.69, 9.17) is 4.99 Å². The summed E-state index contributed by atoms with van der Waals surface area (Å²) in [6, 6.07) is 14.2. The minimum absolute atomic E-state index is 0.0755. The van der Waals surface area contributed by atoms with Crippen LogP contribution >= 0.6 is 11.8 Å². The molecule has 0 unspecified atom stereocenters. The maximum absolute atomic E-state index is 13.3. The van der Waals surface area contributed by atoms with E-state index in [1.807, 2.05) is 48.2 Å². The highest BCUT2D eigenvalue weighted by molar-refractivity contribution is 8.18. The van der Waals surface area contributed by atoms with Gasteiger partial charge in [0, 0.05) is 11.7 Å². The standard InChI is InChI=1S/C23H25N3OS/c1-16-9-6-7-11-18(16)15-20-22(27)26(19-12-4-3-5-13-19)23(28-20)25-21-14-8-10-17(2)24-21/h6-11,14-15,19H,3-5,12-13H2,1-2H3/b20-15-,25-23+. The molecule has 4 rings (SSSR count). The number of thioether (sulfide) groups is 1. The molecule has 0 spiro atoms. The lowest BCUT2D eigenvalue weighted by molar-refractivity contribution is -0.124. The van der Waals surface area contributed by atoms with Crippen molar-refractivity contribution in [2.45, 2.75) is 52.0 Å². The van der Waals surface area contributed by atoms with Gasteiger partial charge in [0.1, 0.15) is 0 Å². The van der Waals surface area contributed by atoms with E-state index < -0.39 is 0 Å². The molecule has 1 saturated carbocycles. The van der Waals surface area contributed by atoms with E-state index in [9.17, 15) is 4.79 Å². The van der Waals surface area contributed by atoms with Gasteiger partial charge in [-0.3, -0.25) is 9.69 Å². The first kappa shape index (κ1) is 18.9. The Morgan fingerprint density at radius 2 is 1.86 bits per heavy atom. The number of carbonyl (C=O) groups is 1. The van der Waals surface area contributed by atoms with Gasteiger partial charge in [-0.2, -0.15) is 0 Å². The molecule has 2 heterocycles. The van der Waals surface area contributed by atoms with Crippen LogP contribution in [0.1, 0.15) is 48.9 Å². The van der Waals surface area contributed by atoms with E-state index in [-0.39, 0.29) is 11.9 Å². The summed E-state index contributed by atoms with van der Waals surface area (Å²) in [4.78, 5) is 25.3. The lowest BCUT2D eigenvalue weighted by Gasteiger charge is -2.30. The summed E-state index contributed by atoms with van der Waals surface area (Å²) in [5, 5.41) is 0.759. The zero-order valence-electron chi connectivity index (χ0n) is 16.4. The molecule has 144 valence electrons. The molecule has 1 aromatic heterocycles. The molecule has 1 amide bonds. The van der Waals surface area contributed by atoms with E-state index in [0.29, 0.717) is 5.82 Å². The van der Waals surface area contributed by atoms with Gasteiger partial charge in [0.2, 0.25) is 0 Å². The van der Waals surface area contributed by atoms with Gasteiger partial charge in [0.25, 0.3) is 5.91 Å². The number of rotatable bonds is 3. The largest absolute Gasteiger partial charge is 0.283 e. The number of hydrogen-bond donors (Lipinski definition) is 0. The Kier molecular flexibility index (Phi) is 5.62. The van der Waals surface area contributed by atoms with Crippen LogP contribution < -0.4 is 0 Å². The second kappa shape index (κ2) is 8.31. The Morgan fingerprint density at radius 3 is 2.61 bits per heavy atom. The average molecular weight is 392 g/mol. The van der Waals surface area contributed by atoms with Gasteiger partial charge >= 0.3 is 0 Å². The summed E-state index contributed by atoms with van der Waals surface area (Å²) in [6.07, 6.45) is 7.69. The SMILES string of the molecule is Cc1cccc(/N=C2/S/C(=C\c3ccccc3C)C(=O)N2C2CCCCC2)n1. The van der Waals surface area contributed by atoms with Gasteiger partial charge in [-0.15, -0.1) is 0 Å². The zero-order valence-corrected chi connectivity index (χ0v) is 17.2. The molecule has 1 saturated heterocycles. The molecule has 28 heavy (non-hydrogen) atoms. The summed E-state index contributed by atoms with van der Waals surface area (Å²) < 4.78 is 0. The van der Waals surface area contributed by atoms with Crippen LogP contribution in [0.2, 0.25) is 0 Å². The number of amidine groups is 1. The normalized spacial score (nSPS) is 21.1. The summed E-state index contributed by atoms with van der Waals surface area (Å²) in [5.41, 5.74) is 3.17. The maximum atomic E-state index is 13.3. The average Bonchev–Trinajstić information content (AvgIpc) is 2.99. The van der Waals surface area contributed by atoms with E-state index >= 15 is 0 Å². The van der Waals surface area contributed by atoms with Crippen LogP contribution in [-0.4, -0.2) is 27.0 Å². The molecular formula is C23H25N3OS. The molecular weight excluding hydrogens is 366 g/mol. The first-order valence-electron chi connectivity index (χ1n) is 9.93. The Bertz CT molecular complexity index is 944. The van der Waals surface area contributed by atoms with Crippen LogP contribution in [0.5, 0.6) is 0 Å². The number of hydrogen-bond acceptors (Lipinski definition) is 4. The van der Waals surface area contributed by atoms with E-state index in [1.54, 1.807) is 0 Å². The summed E-state index contributed by atoms with van der Waals surface area (Å²) in [7, 11) is 0. The van der Waals surface area contributed by atoms with Gasteiger partial charge in [-0.25, -0.2) is 9.98 Å². The van der Waals surface area contributed by atoms with Crippen molar-refractivity contribution in [3.8, 4) is 0 Å². The Hall–Kier alpha value is -2.40. The molecule has 1 aliphatic carbocycles. The fourth-order valence-electron chi connectivity index (χ4n) is 3.80. The lowest BCUT2D eigenvalue weighted by Crippen LogP contribution is -2.40. The van der Waals surface area contributed by atoms with E-state index in [2.05, 4.69) is 24.0 Å². The number of aryl methyl sites for hydroxylation is 2. The third kappa shape index (κ3) is 4.04. The van der Waals surface area contributed by atoms with Crippen LogP contribution in [0, 0.1) is 13.8 Å². The van der Waals surface area contributed by atoms with Crippen molar-refractivity contribution in [2.75, 3.05) is 0 Å². The molecule has 2 fully saturated rings. The monoisotopic (exact) mass is 391 g/mol. The smallest absolute Gasteiger partial charge is 0.267 e. The van der Waals surface area contributed by atoms with Crippen molar-refractivity contribution in [3.63, 3.8) is 0 Å². The summed E-state index contributed by atoms with van der Waals surface area (Å²) in [5.74, 6) is 0.736. The summed E-state index contributed by atoms with van der Waals surface area (Å²) in [6.45, 7) is 4.03. The first-order chi connectivity index (χ1) is 13.6. The van der Waals surface area contributed by atoms with E-state index in [0.717, 1.165) is 34.2 Å². The Balaban J connectivity index is 1.72. The molecule has 1 aromatic carbocycles. The quantitative estimate of drug-likeness (QED) is 0.637. The van der Waals surface area contributed by atoms with Gasteiger partial charge in [-0.1, -0.05) is 49.6 Å². The molecule has 1 aliphatic heterocycles.